The topological polar surface area (TPSA) is 56.8 Å². The molecule has 7 rings (SSSR count). The van der Waals surface area contributed by atoms with Crippen LogP contribution in [0.4, 0.5) is 15.9 Å². The molecule has 3 aromatic rings. The highest BCUT2D eigenvalue weighted by molar-refractivity contribution is 5.95. The summed E-state index contributed by atoms with van der Waals surface area (Å²) >= 11 is 0. The number of anilines is 2. The molecular weight excluding hydrogens is 455 g/mol. The molecule has 2 aromatic heterocycles. The summed E-state index contributed by atoms with van der Waals surface area (Å²) in [6.45, 7) is 7.44. The van der Waals surface area contributed by atoms with E-state index in [1.54, 1.807) is 12.1 Å². The van der Waals surface area contributed by atoms with Gasteiger partial charge in [-0.15, -0.1) is 0 Å². The molecule has 0 amide bonds. The molecule has 6 heterocycles. The predicted molar refractivity (Wildman–Crippen MR) is 140 cm³/mol. The number of piperidine rings is 1. The molecule has 4 aliphatic rings. The minimum Gasteiger partial charge on any atom is -0.494 e. The lowest BCUT2D eigenvalue weighted by Gasteiger charge is -2.56. The van der Waals surface area contributed by atoms with Crippen LogP contribution in [0.15, 0.2) is 36.5 Å². The highest BCUT2D eigenvalue weighted by Crippen LogP contribution is 2.40. The van der Waals surface area contributed by atoms with Crippen molar-refractivity contribution in [3.05, 3.63) is 42.3 Å². The fourth-order valence-corrected chi connectivity index (χ4v) is 6.64. The van der Waals surface area contributed by atoms with E-state index in [0.29, 0.717) is 17.4 Å². The maximum absolute atomic E-state index is 14.8. The number of fused-ring (bicyclic) bond motifs is 2. The average molecular weight is 489 g/mol. The molecule has 2 unspecified atom stereocenters. The number of likely N-dealkylation sites (tertiary alicyclic amines) is 1. The van der Waals surface area contributed by atoms with E-state index in [0.717, 1.165) is 79.5 Å². The van der Waals surface area contributed by atoms with Crippen molar-refractivity contribution >= 4 is 22.4 Å². The van der Waals surface area contributed by atoms with Crippen molar-refractivity contribution in [3.63, 3.8) is 0 Å². The molecule has 4 saturated heterocycles. The quantitative estimate of drug-likeness (QED) is 0.604. The number of nitrogens with zero attached hydrogens (tertiary/aromatic N) is 5. The summed E-state index contributed by atoms with van der Waals surface area (Å²) < 4.78 is 20.1. The van der Waals surface area contributed by atoms with Crippen LogP contribution in [0.5, 0.6) is 5.75 Å². The predicted octanol–water partition coefficient (Wildman–Crippen LogP) is 3.38. The van der Waals surface area contributed by atoms with Gasteiger partial charge in [0, 0.05) is 61.6 Å². The second-order valence-electron chi connectivity index (χ2n) is 11.2. The van der Waals surface area contributed by atoms with E-state index in [9.17, 15) is 4.39 Å². The zero-order valence-corrected chi connectivity index (χ0v) is 21.0. The van der Waals surface area contributed by atoms with E-state index in [4.69, 9.17) is 14.7 Å². The van der Waals surface area contributed by atoms with Crippen LogP contribution < -0.4 is 19.9 Å². The largest absolute Gasteiger partial charge is 0.494 e. The third kappa shape index (κ3) is 3.61. The minimum absolute atomic E-state index is 0.222. The molecule has 0 bridgehead atoms. The summed E-state index contributed by atoms with van der Waals surface area (Å²) in [5.41, 5.74) is 3.96. The summed E-state index contributed by atoms with van der Waals surface area (Å²) in [7, 11) is 3.71. The molecule has 8 heteroatoms. The van der Waals surface area contributed by atoms with Crippen LogP contribution in [-0.2, 0) is 0 Å². The number of methoxy groups -OCH3 is 1. The molecule has 188 valence electrons. The van der Waals surface area contributed by atoms with Gasteiger partial charge in [0.2, 0.25) is 0 Å². The van der Waals surface area contributed by atoms with Crippen LogP contribution in [0.25, 0.3) is 22.2 Å². The first-order chi connectivity index (χ1) is 17.5. The normalized spacial score (nSPS) is 25.1. The Hall–Kier alpha value is -2.97. The summed E-state index contributed by atoms with van der Waals surface area (Å²) in [5, 5.41) is 4.40. The third-order valence-corrected chi connectivity index (χ3v) is 8.86. The zero-order valence-electron chi connectivity index (χ0n) is 21.0. The van der Waals surface area contributed by atoms with Gasteiger partial charge in [-0.3, -0.25) is 0 Å². The van der Waals surface area contributed by atoms with E-state index < -0.39 is 0 Å². The van der Waals surface area contributed by atoms with Gasteiger partial charge in [0.05, 0.1) is 23.9 Å². The molecule has 2 atom stereocenters. The maximum Gasteiger partial charge on any atom is 0.165 e. The fraction of sp³-hybridized carbons (Fsp3) is 0.500. The van der Waals surface area contributed by atoms with E-state index in [-0.39, 0.29) is 11.6 Å². The maximum atomic E-state index is 14.8. The van der Waals surface area contributed by atoms with Crippen molar-refractivity contribution in [2.75, 3.05) is 69.8 Å². The fourth-order valence-electron chi connectivity index (χ4n) is 6.64. The number of hydrogen-bond acceptors (Lipinski definition) is 7. The number of hydrogen-bond donors (Lipinski definition) is 1. The zero-order chi connectivity index (χ0) is 24.4. The Labute approximate surface area is 211 Å². The van der Waals surface area contributed by atoms with Crippen molar-refractivity contribution in [1.29, 1.82) is 0 Å². The van der Waals surface area contributed by atoms with E-state index in [1.165, 1.54) is 20.0 Å². The summed E-state index contributed by atoms with van der Waals surface area (Å²) in [5.74, 6) is 2.21. The number of aromatic nitrogens is 2. The Morgan fingerprint density at radius 2 is 1.92 bits per heavy atom. The molecule has 7 nitrogen and oxygen atoms in total. The number of ether oxygens (including phenoxy) is 1. The Bertz CT molecular complexity index is 1300. The van der Waals surface area contributed by atoms with Crippen molar-refractivity contribution in [2.45, 2.75) is 18.4 Å². The lowest BCUT2D eigenvalue weighted by Crippen LogP contribution is -2.76. The lowest BCUT2D eigenvalue weighted by molar-refractivity contribution is 0.159. The van der Waals surface area contributed by atoms with Crippen LogP contribution >= 0.6 is 0 Å². The standard InChI is InChI=1S/C28H33FN6O/c1-33-8-5-19-14-34(15-20(19)13-33)25-10-23(32-24-11-26(36-2)22(29)9-21(24)25)18-3-4-27(30-12-18)35-16-28(17-35)6-7-31-28/h3-4,9-12,19-20,31H,5-8,13-17H2,1-2H3. The van der Waals surface area contributed by atoms with Gasteiger partial charge in [-0.2, -0.15) is 0 Å². The number of pyridine rings is 2. The highest BCUT2D eigenvalue weighted by atomic mass is 19.1. The summed E-state index contributed by atoms with van der Waals surface area (Å²) in [4.78, 5) is 16.9. The molecule has 4 aliphatic heterocycles. The van der Waals surface area contributed by atoms with E-state index in [1.807, 2.05) is 6.20 Å². The summed E-state index contributed by atoms with van der Waals surface area (Å²) in [6.07, 6.45) is 4.39. The molecule has 0 aliphatic carbocycles. The first-order valence-electron chi connectivity index (χ1n) is 13.1. The summed E-state index contributed by atoms with van der Waals surface area (Å²) in [6, 6.07) is 9.64. The molecule has 4 fully saturated rings. The van der Waals surface area contributed by atoms with Crippen molar-refractivity contribution in [2.24, 2.45) is 11.8 Å². The Morgan fingerprint density at radius 1 is 1.08 bits per heavy atom. The monoisotopic (exact) mass is 488 g/mol. The van der Waals surface area contributed by atoms with Gasteiger partial charge in [-0.05, 0) is 69.1 Å². The SMILES string of the molecule is COc1cc2nc(-c3ccc(N4CC5(CCN5)C4)nc3)cc(N3CC4CCN(C)CC4C3)c2cc1F. The van der Waals surface area contributed by atoms with Crippen molar-refractivity contribution in [1.82, 2.24) is 20.2 Å². The first kappa shape index (κ1) is 22.2. The van der Waals surface area contributed by atoms with E-state index >= 15 is 0 Å². The number of halogens is 1. The highest BCUT2D eigenvalue weighted by Gasteiger charge is 2.47. The average Bonchev–Trinajstić information content (AvgIpc) is 3.25. The second-order valence-corrected chi connectivity index (χ2v) is 11.2. The molecule has 0 radical (unpaired) electrons. The van der Waals surface area contributed by atoms with Gasteiger partial charge in [0.25, 0.3) is 0 Å². The van der Waals surface area contributed by atoms with Crippen LogP contribution in [0, 0.1) is 17.7 Å². The minimum atomic E-state index is -0.351. The van der Waals surface area contributed by atoms with Crippen LogP contribution in [0.1, 0.15) is 12.8 Å². The van der Waals surface area contributed by atoms with Crippen molar-refractivity contribution in [3.8, 4) is 17.0 Å². The molecule has 1 N–H and O–H groups in total. The van der Waals surface area contributed by atoms with Gasteiger partial charge in [-0.1, -0.05) is 0 Å². The van der Waals surface area contributed by atoms with Gasteiger partial charge in [0.1, 0.15) is 5.82 Å². The van der Waals surface area contributed by atoms with Crippen LogP contribution in [0.2, 0.25) is 0 Å². The van der Waals surface area contributed by atoms with Crippen LogP contribution in [0.3, 0.4) is 0 Å². The third-order valence-electron chi connectivity index (χ3n) is 8.86. The van der Waals surface area contributed by atoms with E-state index in [2.05, 4.69) is 45.3 Å². The van der Waals surface area contributed by atoms with Gasteiger partial charge >= 0.3 is 0 Å². The lowest BCUT2D eigenvalue weighted by atomic mass is 9.80. The molecule has 0 saturated carbocycles. The van der Waals surface area contributed by atoms with Gasteiger partial charge < -0.3 is 24.8 Å². The number of nitrogens with one attached hydrogen (secondary N) is 1. The Kier molecular flexibility index (Phi) is 5.12. The Morgan fingerprint density at radius 3 is 2.64 bits per heavy atom. The molecule has 1 spiro atoms. The Balaban J connectivity index is 1.24. The first-order valence-corrected chi connectivity index (χ1v) is 13.1. The second kappa shape index (κ2) is 8.28. The van der Waals surface area contributed by atoms with Gasteiger partial charge in [-0.25, -0.2) is 14.4 Å². The smallest absolute Gasteiger partial charge is 0.165 e. The molecule has 36 heavy (non-hydrogen) atoms. The van der Waals surface area contributed by atoms with Crippen LogP contribution in [-0.4, -0.2) is 80.4 Å². The number of benzene rings is 1. The number of rotatable bonds is 4. The molecular formula is C28H33FN6O. The van der Waals surface area contributed by atoms with Crippen molar-refractivity contribution < 1.29 is 9.13 Å². The van der Waals surface area contributed by atoms with Gasteiger partial charge in [0.15, 0.2) is 11.6 Å². The molecule has 1 aromatic carbocycles.